The molecule has 2 rings (SSSR count). The van der Waals surface area contributed by atoms with E-state index in [1.54, 1.807) is 19.9 Å². The van der Waals surface area contributed by atoms with Crippen molar-refractivity contribution in [3.63, 3.8) is 0 Å². The van der Waals surface area contributed by atoms with Gasteiger partial charge in [0.2, 0.25) is 0 Å². The molecule has 1 aromatic carbocycles. The zero-order chi connectivity index (χ0) is 17.9. The van der Waals surface area contributed by atoms with Crippen molar-refractivity contribution < 1.29 is 14.3 Å². The number of hydrogen-bond acceptors (Lipinski definition) is 4. The molecular weight excluding hydrogens is 306 g/mol. The Morgan fingerprint density at radius 1 is 1.29 bits per heavy atom. The summed E-state index contributed by atoms with van der Waals surface area (Å²) in [6.45, 7) is 5.34. The van der Waals surface area contributed by atoms with Crippen LogP contribution in [0.2, 0.25) is 0 Å². The fourth-order valence-corrected chi connectivity index (χ4v) is 2.65. The Bertz CT molecular complexity index is 720. The Kier molecular flexibility index (Phi) is 5.19. The Hall–Kier alpha value is -2.47. The molecule has 0 saturated carbocycles. The van der Waals surface area contributed by atoms with Crippen LogP contribution in [-0.2, 0) is 5.60 Å². The van der Waals surface area contributed by atoms with Gasteiger partial charge in [-0.1, -0.05) is 12.1 Å². The van der Waals surface area contributed by atoms with E-state index in [2.05, 4.69) is 10.6 Å². The van der Waals surface area contributed by atoms with E-state index < -0.39 is 5.60 Å². The molecule has 1 heterocycles. The second-order valence-electron chi connectivity index (χ2n) is 6.32. The molecule has 6 heteroatoms. The predicted molar refractivity (Wildman–Crippen MR) is 95.5 cm³/mol. The third kappa shape index (κ3) is 4.08. The van der Waals surface area contributed by atoms with Crippen molar-refractivity contribution in [2.24, 2.45) is 0 Å². The van der Waals surface area contributed by atoms with Crippen LogP contribution in [0, 0.1) is 13.8 Å². The summed E-state index contributed by atoms with van der Waals surface area (Å²) in [4.78, 5) is 14.1. The van der Waals surface area contributed by atoms with Crippen molar-refractivity contribution in [1.82, 2.24) is 5.32 Å². The van der Waals surface area contributed by atoms with Crippen LogP contribution in [0.1, 0.15) is 24.0 Å². The number of benzene rings is 1. The van der Waals surface area contributed by atoms with Crippen molar-refractivity contribution in [2.45, 2.75) is 26.4 Å². The molecule has 0 unspecified atom stereocenters. The average Bonchev–Trinajstić information content (AvgIpc) is 2.85. The molecule has 3 N–H and O–H groups in total. The summed E-state index contributed by atoms with van der Waals surface area (Å²) in [6, 6.07) is 8.93. The maximum Gasteiger partial charge on any atom is 0.319 e. The number of aliphatic hydroxyl groups is 1. The zero-order valence-electron chi connectivity index (χ0n) is 14.8. The number of furan rings is 1. The SMILES string of the molecule is Cc1cc([C@@](C)(O)CNC(=O)Nc2ccccc2N(C)C)c(C)o1. The lowest BCUT2D eigenvalue weighted by molar-refractivity contribution is 0.0584. The van der Waals surface area contributed by atoms with Crippen LogP contribution in [0.15, 0.2) is 34.7 Å². The fraction of sp³-hybridized carbons (Fsp3) is 0.389. The predicted octanol–water partition coefficient (Wildman–Crippen LogP) is 2.99. The smallest absolute Gasteiger partial charge is 0.319 e. The molecule has 0 aliphatic carbocycles. The summed E-state index contributed by atoms with van der Waals surface area (Å²) in [6.07, 6.45) is 0. The van der Waals surface area contributed by atoms with Crippen molar-refractivity contribution in [3.8, 4) is 0 Å². The molecule has 1 atom stereocenters. The number of rotatable bonds is 5. The van der Waals surface area contributed by atoms with E-state index in [0.29, 0.717) is 17.0 Å². The first-order chi connectivity index (χ1) is 11.2. The minimum Gasteiger partial charge on any atom is -0.466 e. The Balaban J connectivity index is 2.02. The maximum absolute atomic E-state index is 12.2. The molecule has 2 aromatic rings. The van der Waals surface area contributed by atoms with E-state index in [-0.39, 0.29) is 12.6 Å². The van der Waals surface area contributed by atoms with E-state index in [1.165, 1.54) is 0 Å². The van der Waals surface area contributed by atoms with Crippen molar-refractivity contribution in [3.05, 3.63) is 47.4 Å². The third-order valence-electron chi connectivity index (χ3n) is 3.85. The van der Waals surface area contributed by atoms with Crippen LogP contribution in [0.4, 0.5) is 16.2 Å². The fourth-order valence-electron chi connectivity index (χ4n) is 2.65. The molecule has 130 valence electrons. The number of aryl methyl sites for hydroxylation is 2. The lowest BCUT2D eigenvalue weighted by Crippen LogP contribution is -2.40. The van der Waals surface area contributed by atoms with Crippen LogP contribution in [0.3, 0.4) is 0 Å². The van der Waals surface area contributed by atoms with Gasteiger partial charge >= 0.3 is 6.03 Å². The van der Waals surface area contributed by atoms with Crippen LogP contribution in [0.25, 0.3) is 0 Å². The van der Waals surface area contributed by atoms with E-state index >= 15 is 0 Å². The first-order valence-electron chi connectivity index (χ1n) is 7.82. The number of para-hydroxylation sites is 2. The summed E-state index contributed by atoms with van der Waals surface area (Å²) in [5.41, 5.74) is 1.07. The van der Waals surface area contributed by atoms with Crippen LogP contribution in [-0.4, -0.2) is 31.8 Å². The molecule has 0 saturated heterocycles. The van der Waals surface area contributed by atoms with E-state index in [4.69, 9.17) is 4.42 Å². The van der Waals surface area contributed by atoms with Gasteiger partial charge in [-0.2, -0.15) is 0 Å². The molecule has 0 bridgehead atoms. The summed E-state index contributed by atoms with van der Waals surface area (Å²) >= 11 is 0. The first kappa shape index (κ1) is 17.9. The van der Waals surface area contributed by atoms with Crippen LogP contribution >= 0.6 is 0 Å². The average molecular weight is 331 g/mol. The van der Waals surface area contributed by atoms with Gasteiger partial charge in [-0.15, -0.1) is 0 Å². The number of carbonyl (C=O) groups is 1. The standard InChI is InChI=1S/C18H25N3O3/c1-12-10-14(13(2)24-12)18(3,23)11-19-17(22)20-15-8-6-7-9-16(15)21(4)5/h6-10,23H,11H2,1-5H3,(H2,19,20,22)/t18-/m0/s1. The molecule has 0 spiro atoms. The summed E-state index contributed by atoms with van der Waals surface area (Å²) < 4.78 is 5.45. The largest absolute Gasteiger partial charge is 0.466 e. The Morgan fingerprint density at radius 3 is 2.54 bits per heavy atom. The molecule has 0 fully saturated rings. The molecule has 0 aliphatic rings. The number of nitrogens with one attached hydrogen (secondary N) is 2. The van der Waals surface area contributed by atoms with Gasteiger partial charge in [-0.25, -0.2) is 4.79 Å². The van der Waals surface area contributed by atoms with Crippen LogP contribution < -0.4 is 15.5 Å². The molecule has 24 heavy (non-hydrogen) atoms. The third-order valence-corrected chi connectivity index (χ3v) is 3.85. The number of urea groups is 1. The maximum atomic E-state index is 12.2. The topological polar surface area (TPSA) is 77.7 Å². The minimum atomic E-state index is -1.21. The molecule has 0 radical (unpaired) electrons. The zero-order valence-corrected chi connectivity index (χ0v) is 14.8. The van der Waals surface area contributed by atoms with Gasteiger partial charge < -0.3 is 25.1 Å². The summed E-state index contributed by atoms with van der Waals surface area (Å²) in [7, 11) is 3.82. The highest BCUT2D eigenvalue weighted by Gasteiger charge is 2.28. The summed E-state index contributed by atoms with van der Waals surface area (Å²) in [5, 5.41) is 16.1. The number of hydrogen-bond donors (Lipinski definition) is 3. The Morgan fingerprint density at radius 2 is 1.96 bits per heavy atom. The van der Waals surface area contributed by atoms with Gasteiger partial charge in [-0.3, -0.25) is 0 Å². The van der Waals surface area contributed by atoms with E-state index in [1.807, 2.05) is 50.2 Å². The van der Waals surface area contributed by atoms with Gasteiger partial charge in [-0.05, 0) is 39.0 Å². The normalized spacial score (nSPS) is 13.2. The van der Waals surface area contributed by atoms with Gasteiger partial charge in [0.25, 0.3) is 0 Å². The molecular formula is C18H25N3O3. The van der Waals surface area contributed by atoms with Crippen molar-refractivity contribution >= 4 is 17.4 Å². The van der Waals surface area contributed by atoms with Gasteiger partial charge in [0.15, 0.2) is 0 Å². The van der Waals surface area contributed by atoms with Gasteiger partial charge in [0.1, 0.15) is 17.1 Å². The summed E-state index contributed by atoms with van der Waals surface area (Å²) in [5.74, 6) is 1.38. The van der Waals surface area contributed by atoms with Crippen LogP contribution in [0.5, 0.6) is 0 Å². The quantitative estimate of drug-likeness (QED) is 0.787. The molecule has 6 nitrogen and oxygen atoms in total. The Labute approximate surface area is 142 Å². The number of anilines is 2. The molecule has 0 aliphatic heterocycles. The number of amides is 2. The lowest BCUT2D eigenvalue weighted by Gasteiger charge is -2.24. The first-order valence-corrected chi connectivity index (χ1v) is 7.82. The molecule has 1 aromatic heterocycles. The highest BCUT2D eigenvalue weighted by Crippen LogP contribution is 2.27. The van der Waals surface area contributed by atoms with E-state index in [9.17, 15) is 9.90 Å². The second kappa shape index (κ2) is 6.97. The number of nitrogens with zero attached hydrogens (tertiary/aromatic N) is 1. The highest BCUT2D eigenvalue weighted by molar-refractivity contribution is 5.93. The highest BCUT2D eigenvalue weighted by atomic mass is 16.3. The van der Waals surface area contributed by atoms with Crippen molar-refractivity contribution in [1.29, 1.82) is 0 Å². The number of carbonyl (C=O) groups excluding carboxylic acids is 1. The lowest BCUT2D eigenvalue weighted by atomic mass is 9.96. The molecule has 2 amide bonds. The van der Waals surface area contributed by atoms with E-state index in [0.717, 1.165) is 11.4 Å². The van der Waals surface area contributed by atoms with Crippen molar-refractivity contribution in [2.75, 3.05) is 30.9 Å². The van der Waals surface area contributed by atoms with Gasteiger partial charge in [0.05, 0.1) is 17.9 Å². The monoisotopic (exact) mass is 331 g/mol. The minimum absolute atomic E-state index is 0.0722. The van der Waals surface area contributed by atoms with Gasteiger partial charge in [0, 0.05) is 19.7 Å². The second-order valence-corrected chi connectivity index (χ2v) is 6.32.